The van der Waals surface area contributed by atoms with Crippen LogP contribution in [0.5, 0.6) is 6.01 Å². The van der Waals surface area contributed by atoms with Crippen LogP contribution in [0.25, 0.3) is 5.95 Å². The molecule has 8 heteroatoms. The first-order valence-corrected chi connectivity index (χ1v) is 6.42. The fourth-order valence-electron chi connectivity index (χ4n) is 1.46. The molecule has 7 nitrogen and oxygen atoms in total. The van der Waals surface area contributed by atoms with Crippen LogP contribution in [0.3, 0.4) is 0 Å². The highest BCUT2D eigenvalue weighted by Gasteiger charge is 2.08. The first kappa shape index (κ1) is 13.7. The zero-order valence-electron chi connectivity index (χ0n) is 10.8. The normalized spacial score (nSPS) is 10.9. The molecule has 0 aromatic carbocycles. The summed E-state index contributed by atoms with van der Waals surface area (Å²) in [6.07, 6.45) is 4.91. The van der Waals surface area contributed by atoms with Gasteiger partial charge in [-0.3, -0.25) is 0 Å². The maximum atomic E-state index is 5.83. The van der Waals surface area contributed by atoms with E-state index in [2.05, 4.69) is 38.9 Å². The molecule has 0 saturated carbocycles. The van der Waals surface area contributed by atoms with Crippen LogP contribution in [0.2, 0.25) is 5.28 Å². The van der Waals surface area contributed by atoms with Crippen molar-refractivity contribution < 1.29 is 4.74 Å². The molecule has 0 fully saturated rings. The molecule has 0 radical (unpaired) electrons. The number of hydrogen-bond donors (Lipinski definition) is 0. The lowest BCUT2D eigenvalue weighted by Gasteiger charge is -2.07. The number of hydrogen-bond acceptors (Lipinski definition) is 6. The Labute approximate surface area is 116 Å². The second kappa shape index (κ2) is 6.42. The standard InChI is InChI=1S/C11H15ClN6O/c1-8(2)4-3-5-19-11-16-9(12)15-10(17-11)18-7-13-6-14-18/h6-8H,3-5H2,1-2H3. The van der Waals surface area contributed by atoms with Gasteiger partial charge >= 0.3 is 6.01 Å². The molecule has 0 unspecified atom stereocenters. The Kier molecular flexibility index (Phi) is 4.62. The lowest BCUT2D eigenvalue weighted by atomic mass is 10.1. The van der Waals surface area contributed by atoms with Gasteiger partial charge in [-0.1, -0.05) is 13.8 Å². The molecule has 19 heavy (non-hydrogen) atoms. The number of aromatic nitrogens is 6. The summed E-state index contributed by atoms with van der Waals surface area (Å²) in [5.41, 5.74) is 0. The van der Waals surface area contributed by atoms with Crippen LogP contribution in [0.1, 0.15) is 26.7 Å². The van der Waals surface area contributed by atoms with E-state index in [1.54, 1.807) is 0 Å². The quantitative estimate of drug-likeness (QED) is 0.753. The lowest BCUT2D eigenvalue weighted by Crippen LogP contribution is -2.08. The summed E-state index contributed by atoms with van der Waals surface area (Å²) in [5, 5.41) is 4.00. The SMILES string of the molecule is CC(C)CCCOc1nc(Cl)nc(-n2cncn2)n1. The van der Waals surface area contributed by atoms with Gasteiger partial charge in [0.15, 0.2) is 0 Å². The van der Waals surface area contributed by atoms with E-state index in [0.717, 1.165) is 12.8 Å². The van der Waals surface area contributed by atoms with E-state index in [0.29, 0.717) is 12.5 Å². The van der Waals surface area contributed by atoms with Crippen LogP contribution in [0.15, 0.2) is 12.7 Å². The predicted molar refractivity (Wildman–Crippen MR) is 69.3 cm³/mol. The molecule has 2 heterocycles. The molecular weight excluding hydrogens is 268 g/mol. The van der Waals surface area contributed by atoms with Crippen LogP contribution in [0, 0.1) is 5.92 Å². The van der Waals surface area contributed by atoms with E-state index in [-0.39, 0.29) is 17.2 Å². The van der Waals surface area contributed by atoms with Gasteiger partial charge in [-0.15, -0.1) is 0 Å². The van der Waals surface area contributed by atoms with E-state index in [4.69, 9.17) is 16.3 Å². The van der Waals surface area contributed by atoms with Crippen molar-refractivity contribution in [3.05, 3.63) is 17.9 Å². The summed E-state index contributed by atoms with van der Waals surface area (Å²) in [6, 6.07) is 0.203. The van der Waals surface area contributed by atoms with Crippen molar-refractivity contribution in [2.45, 2.75) is 26.7 Å². The van der Waals surface area contributed by atoms with E-state index in [1.165, 1.54) is 17.3 Å². The Morgan fingerprint density at radius 2 is 2.16 bits per heavy atom. The summed E-state index contributed by atoms with van der Waals surface area (Å²) >= 11 is 5.83. The molecule has 102 valence electrons. The summed E-state index contributed by atoms with van der Waals surface area (Å²) in [6.45, 7) is 4.89. The third kappa shape index (κ3) is 4.13. The highest BCUT2D eigenvalue weighted by Crippen LogP contribution is 2.11. The van der Waals surface area contributed by atoms with Crippen LogP contribution < -0.4 is 4.74 Å². The third-order valence-corrected chi connectivity index (χ3v) is 2.53. The first-order valence-electron chi connectivity index (χ1n) is 6.04. The van der Waals surface area contributed by atoms with Crippen molar-refractivity contribution in [2.75, 3.05) is 6.61 Å². The molecule has 0 bridgehead atoms. The Bertz CT molecular complexity index is 516. The molecule has 2 aromatic heterocycles. The van der Waals surface area contributed by atoms with Crippen molar-refractivity contribution in [1.29, 1.82) is 0 Å². The van der Waals surface area contributed by atoms with Gasteiger partial charge in [-0.25, -0.2) is 4.98 Å². The Hall–Kier alpha value is -1.76. The van der Waals surface area contributed by atoms with Gasteiger partial charge in [0.05, 0.1) is 6.61 Å². The zero-order valence-corrected chi connectivity index (χ0v) is 11.6. The zero-order chi connectivity index (χ0) is 13.7. The van der Waals surface area contributed by atoms with Gasteiger partial charge in [0.25, 0.3) is 5.95 Å². The number of halogens is 1. The van der Waals surface area contributed by atoms with Gasteiger partial charge in [0, 0.05) is 0 Å². The minimum atomic E-state index is 0.0689. The topological polar surface area (TPSA) is 78.6 Å². The molecular formula is C11H15ClN6O. The van der Waals surface area contributed by atoms with E-state index in [9.17, 15) is 0 Å². The van der Waals surface area contributed by atoms with Gasteiger partial charge in [0.2, 0.25) is 5.28 Å². The Balaban J connectivity index is 2.01. The smallest absolute Gasteiger partial charge is 0.322 e. The highest BCUT2D eigenvalue weighted by molar-refractivity contribution is 6.28. The molecule has 0 aliphatic rings. The summed E-state index contributed by atoms with van der Waals surface area (Å²) < 4.78 is 6.87. The molecule has 0 saturated heterocycles. The predicted octanol–water partition coefficient (Wildman–Crippen LogP) is 1.92. The van der Waals surface area contributed by atoms with E-state index < -0.39 is 0 Å². The maximum absolute atomic E-state index is 5.83. The van der Waals surface area contributed by atoms with Crippen molar-refractivity contribution in [1.82, 2.24) is 29.7 Å². The average molecular weight is 283 g/mol. The molecule has 0 aliphatic heterocycles. The molecule has 0 atom stereocenters. The van der Waals surface area contributed by atoms with Crippen molar-refractivity contribution in [3.8, 4) is 12.0 Å². The van der Waals surface area contributed by atoms with Crippen molar-refractivity contribution in [3.63, 3.8) is 0 Å². The fraction of sp³-hybridized carbons (Fsp3) is 0.545. The molecule has 2 rings (SSSR count). The second-order valence-electron chi connectivity index (χ2n) is 4.41. The minimum Gasteiger partial charge on any atom is -0.463 e. The first-order chi connectivity index (χ1) is 9.15. The average Bonchev–Trinajstić information content (AvgIpc) is 2.87. The maximum Gasteiger partial charge on any atom is 0.322 e. The molecule has 0 amide bonds. The van der Waals surface area contributed by atoms with E-state index in [1.807, 2.05) is 0 Å². The Morgan fingerprint density at radius 3 is 2.84 bits per heavy atom. The van der Waals surface area contributed by atoms with Crippen molar-refractivity contribution >= 4 is 11.6 Å². The third-order valence-electron chi connectivity index (χ3n) is 2.36. The molecule has 0 spiro atoms. The summed E-state index contributed by atoms with van der Waals surface area (Å²) in [5.74, 6) is 0.938. The molecule has 0 aliphatic carbocycles. The largest absolute Gasteiger partial charge is 0.463 e. The van der Waals surface area contributed by atoms with Crippen molar-refractivity contribution in [2.24, 2.45) is 5.92 Å². The lowest BCUT2D eigenvalue weighted by molar-refractivity contribution is 0.274. The minimum absolute atomic E-state index is 0.0689. The number of rotatable bonds is 6. The monoisotopic (exact) mass is 282 g/mol. The Morgan fingerprint density at radius 1 is 1.32 bits per heavy atom. The number of ether oxygens (including phenoxy) is 1. The van der Waals surface area contributed by atoms with Crippen LogP contribution in [-0.4, -0.2) is 36.3 Å². The van der Waals surface area contributed by atoms with Gasteiger partial charge in [-0.05, 0) is 30.4 Å². The van der Waals surface area contributed by atoms with Gasteiger partial charge in [0.1, 0.15) is 12.7 Å². The van der Waals surface area contributed by atoms with Gasteiger partial charge in [-0.2, -0.15) is 24.7 Å². The van der Waals surface area contributed by atoms with Crippen LogP contribution >= 0.6 is 11.6 Å². The van der Waals surface area contributed by atoms with Gasteiger partial charge < -0.3 is 4.74 Å². The van der Waals surface area contributed by atoms with E-state index >= 15 is 0 Å². The second-order valence-corrected chi connectivity index (χ2v) is 4.75. The van der Waals surface area contributed by atoms with Crippen LogP contribution in [-0.2, 0) is 0 Å². The molecule has 2 aromatic rings. The summed E-state index contributed by atoms with van der Waals surface area (Å²) in [7, 11) is 0. The number of nitrogens with zero attached hydrogens (tertiary/aromatic N) is 6. The summed E-state index contributed by atoms with van der Waals surface area (Å²) in [4.78, 5) is 15.8. The highest BCUT2D eigenvalue weighted by atomic mass is 35.5. The van der Waals surface area contributed by atoms with Crippen LogP contribution in [0.4, 0.5) is 0 Å². The molecule has 0 N–H and O–H groups in total. The fourth-order valence-corrected chi connectivity index (χ4v) is 1.60.